The molecule has 1 N–H and O–H groups in total. The quantitative estimate of drug-likeness (QED) is 0.552. The number of amides is 1. The molecule has 2 aromatic carbocycles. The first kappa shape index (κ1) is 23.2. The minimum atomic E-state index is -0.724. The number of hydrogen-bond acceptors (Lipinski definition) is 3. The van der Waals surface area contributed by atoms with E-state index in [-0.39, 0.29) is 23.9 Å². The Morgan fingerprint density at radius 2 is 1.68 bits per heavy atom. The van der Waals surface area contributed by atoms with Gasteiger partial charge in [0, 0.05) is 23.2 Å². The number of piperidine rings is 1. The Kier molecular flexibility index (Phi) is 6.54. The van der Waals surface area contributed by atoms with E-state index in [4.69, 9.17) is 4.74 Å². The number of rotatable bonds is 6. The topological polar surface area (TPSA) is 66.8 Å². The fourth-order valence-corrected chi connectivity index (χ4v) is 6.68. The Morgan fingerprint density at radius 3 is 2.29 bits per heavy atom. The highest BCUT2D eigenvalue weighted by molar-refractivity contribution is 6.00. The molecule has 1 saturated carbocycles. The molecule has 2 aromatic rings. The van der Waals surface area contributed by atoms with Crippen LogP contribution in [0.15, 0.2) is 30.3 Å². The summed E-state index contributed by atoms with van der Waals surface area (Å²) in [5.74, 6) is 0.842. The summed E-state index contributed by atoms with van der Waals surface area (Å²) in [6.45, 7) is 4.45. The molecule has 182 valence electrons. The molecule has 5 rings (SSSR count). The minimum absolute atomic E-state index is 0.0456. The number of carboxylic acids is 1. The van der Waals surface area contributed by atoms with Gasteiger partial charge in [-0.3, -0.25) is 9.59 Å². The third-order valence-corrected chi connectivity index (χ3v) is 8.67. The van der Waals surface area contributed by atoms with E-state index in [1.165, 1.54) is 24.8 Å². The van der Waals surface area contributed by atoms with E-state index < -0.39 is 5.97 Å². The van der Waals surface area contributed by atoms with Crippen LogP contribution in [0.4, 0.5) is 0 Å². The van der Waals surface area contributed by atoms with E-state index in [1.54, 1.807) is 0 Å². The highest BCUT2D eigenvalue weighted by atomic mass is 16.5. The standard InChI is InChI=1S/C29H37NO4/c1-3-18-5-11-24(12-6-18)34-27-14-8-19-15-20(7-13-26(19)25(27)4-2)28(31)30-22-9-10-23(30)17-21(16-22)29(32)33/h7-8,13-15,18,21-24H,3-6,9-12,16-17H2,1-2H3,(H,32,33). The zero-order valence-corrected chi connectivity index (χ0v) is 20.5. The number of carbonyl (C=O) groups is 2. The lowest BCUT2D eigenvalue weighted by Gasteiger charge is -2.37. The SMILES string of the molecule is CCc1c(OC2CCC(CC)CC2)ccc2cc(C(=O)N3C4CCC3CC(C(=O)O)C4)ccc12. The van der Waals surface area contributed by atoms with Gasteiger partial charge in [-0.15, -0.1) is 0 Å². The van der Waals surface area contributed by atoms with Crippen LogP contribution >= 0.6 is 0 Å². The molecule has 2 saturated heterocycles. The first-order valence-corrected chi connectivity index (χ1v) is 13.3. The van der Waals surface area contributed by atoms with Crippen molar-refractivity contribution in [2.24, 2.45) is 11.8 Å². The summed E-state index contributed by atoms with van der Waals surface area (Å²) in [6, 6.07) is 10.3. The Bertz CT molecular complexity index is 1060. The summed E-state index contributed by atoms with van der Waals surface area (Å²) in [6.07, 6.45) is 10.2. The molecule has 5 heteroatoms. The number of carbonyl (C=O) groups excluding carboxylic acids is 1. The number of aryl methyl sites for hydroxylation is 1. The number of nitrogens with zero attached hydrogens (tertiary/aromatic N) is 1. The van der Waals surface area contributed by atoms with Crippen LogP contribution in [0.25, 0.3) is 10.8 Å². The fourth-order valence-electron chi connectivity index (χ4n) is 6.68. The Hall–Kier alpha value is -2.56. The van der Waals surface area contributed by atoms with Crippen LogP contribution in [0.5, 0.6) is 5.75 Å². The maximum atomic E-state index is 13.5. The van der Waals surface area contributed by atoms with E-state index in [1.807, 2.05) is 17.0 Å². The predicted molar refractivity (Wildman–Crippen MR) is 133 cm³/mol. The molecule has 34 heavy (non-hydrogen) atoms. The Labute approximate surface area is 202 Å². The van der Waals surface area contributed by atoms with Crippen molar-refractivity contribution < 1.29 is 19.4 Å². The van der Waals surface area contributed by atoms with Crippen molar-refractivity contribution in [3.8, 4) is 5.75 Å². The number of fused-ring (bicyclic) bond motifs is 3. The normalized spacial score (nSPS) is 28.8. The summed E-state index contributed by atoms with van der Waals surface area (Å²) in [7, 11) is 0. The molecule has 0 spiro atoms. The van der Waals surface area contributed by atoms with Gasteiger partial charge in [0.05, 0.1) is 12.0 Å². The van der Waals surface area contributed by atoms with Gasteiger partial charge in [0.15, 0.2) is 0 Å². The van der Waals surface area contributed by atoms with Crippen molar-refractivity contribution in [3.05, 3.63) is 41.5 Å². The molecule has 2 bridgehead atoms. The molecule has 0 radical (unpaired) electrons. The number of carboxylic acid groups (broad SMARTS) is 1. The molecule has 2 heterocycles. The van der Waals surface area contributed by atoms with E-state index in [0.29, 0.717) is 24.5 Å². The van der Waals surface area contributed by atoms with Gasteiger partial charge in [-0.2, -0.15) is 0 Å². The van der Waals surface area contributed by atoms with Crippen LogP contribution in [-0.4, -0.2) is 40.1 Å². The van der Waals surface area contributed by atoms with Crippen molar-refractivity contribution in [2.75, 3.05) is 0 Å². The van der Waals surface area contributed by atoms with Gasteiger partial charge >= 0.3 is 5.97 Å². The zero-order chi connectivity index (χ0) is 23.8. The van der Waals surface area contributed by atoms with Crippen LogP contribution < -0.4 is 4.74 Å². The van der Waals surface area contributed by atoms with E-state index in [2.05, 4.69) is 32.0 Å². The summed E-state index contributed by atoms with van der Waals surface area (Å²) < 4.78 is 6.49. The van der Waals surface area contributed by atoms with Crippen molar-refractivity contribution in [3.63, 3.8) is 0 Å². The minimum Gasteiger partial charge on any atom is -0.490 e. The molecule has 3 fully saturated rings. The highest BCUT2D eigenvalue weighted by Crippen LogP contribution is 2.40. The van der Waals surface area contributed by atoms with Crippen LogP contribution in [0.1, 0.15) is 87.6 Å². The maximum absolute atomic E-state index is 13.5. The second-order valence-corrected chi connectivity index (χ2v) is 10.6. The molecule has 2 atom stereocenters. The van der Waals surface area contributed by atoms with Crippen molar-refractivity contribution >= 4 is 22.6 Å². The first-order chi connectivity index (χ1) is 16.5. The van der Waals surface area contributed by atoms with Crippen LogP contribution in [0, 0.1) is 11.8 Å². The first-order valence-electron chi connectivity index (χ1n) is 13.3. The van der Waals surface area contributed by atoms with E-state index in [9.17, 15) is 14.7 Å². The second-order valence-electron chi connectivity index (χ2n) is 10.6. The van der Waals surface area contributed by atoms with Gasteiger partial charge in [-0.1, -0.05) is 32.4 Å². The Balaban J connectivity index is 1.35. The number of ether oxygens (including phenoxy) is 1. The molecular formula is C29H37NO4. The summed E-state index contributed by atoms with van der Waals surface area (Å²) in [4.78, 5) is 26.9. The number of aliphatic carboxylic acids is 1. The second kappa shape index (κ2) is 9.59. The zero-order valence-electron chi connectivity index (χ0n) is 20.5. The third-order valence-electron chi connectivity index (χ3n) is 8.67. The lowest BCUT2D eigenvalue weighted by molar-refractivity contribution is -0.144. The molecule has 3 aliphatic rings. The molecule has 5 nitrogen and oxygen atoms in total. The van der Waals surface area contributed by atoms with Crippen molar-refractivity contribution in [2.45, 2.75) is 96.2 Å². The van der Waals surface area contributed by atoms with Crippen LogP contribution in [0.3, 0.4) is 0 Å². The molecule has 0 aromatic heterocycles. The summed E-state index contributed by atoms with van der Waals surface area (Å²) in [5, 5.41) is 11.7. The lowest BCUT2D eigenvalue weighted by Crippen LogP contribution is -2.47. The highest BCUT2D eigenvalue weighted by Gasteiger charge is 2.45. The van der Waals surface area contributed by atoms with Crippen LogP contribution in [0.2, 0.25) is 0 Å². The summed E-state index contributed by atoms with van der Waals surface area (Å²) >= 11 is 0. The number of benzene rings is 2. The van der Waals surface area contributed by atoms with Gasteiger partial charge < -0.3 is 14.7 Å². The van der Waals surface area contributed by atoms with E-state index in [0.717, 1.165) is 54.5 Å². The van der Waals surface area contributed by atoms with Gasteiger partial charge in [0.25, 0.3) is 5.91 Å². The molecule has 2 aliphatic heterocycles. The van der Waals surface area contributed by atoms with Gasteiger partial charge in [-0.05, 0) is 92.7 Å². The number of hydrogen-bond donors (Lipinski definition) is 1. The largest absolute Gasteiger partial charge is 0.490 e. The average Bonchev–Trinajstić information content (AvgIpc) is 3.12. The van der Waals surface area contributed by atoms with Crippen molar-refractivity contribution in [1.29, 1.82) is 0 Å². The maximum Gasteiger partial charge on any atom is 0.306 e. The fraction of sp³-hybridized carbons (Fsp3) is 0.586. The predicted octanol–water partition coefficient (Wildman–Crippen LogP) is 6.22. The van der Waals surface area contributed by atoms with Gasteiger partial charge in [0.2, 0.25) is 0 Å². The van der Waals surface area contributed by atoms with Gasteiger partial charge in [-0.25, -0.2) is 0 Å². The Morgan fingerprint density at radius 1 is 0.971 bits per heavy atom. The lowest BCUT2D eigenvalue weighted by atomic mass is 9.86. The third kappa shape index (κ3) is 4.30. The molecule has 1 amide bonds. The summed E-state index contributed by atoms with van der Waals surface area (Å²) in [5.41, 5.74) is 1.92. The molecule has 2 unspecified atom stereocenters. The van der Waals surface area contributed by atoms with Gasteiger partial charge in [0.1, 0.15) is 5.75 Å². The smallest absolute Gasteiger partial charge is 0.306 e. The molecular weight excluding hydrogens is 426 g/mol. The van der Waals surface area contributed by atoms with E-state index >= 15 is 0 Å². The van der Waals surface area contributed by atoms with Crippen molar-refractivity contribution in [1.82, 2.24) is 4.90 Å². The molecule has 1 aliphatic carbocycles. The van der Waals surface area contributed by atoms with Crippen LogP contribution in [-0.2, 0) is 11.2 Å². The average molecular weight is 464 g/mol. The monoisotopic (exact) mass is 463 g/mol.